The minimum absolute atomic E-state index is 0.265. The van der Waals surface area contributed by atoms with Gasteiger partial charge in [-0.15, -0.1) is 0 Å². The number of urea groups is 1. The van der Waals surface area contributed by atoms with E-state index < -0.39 is 24.0 Å². The highest BCUT2D eigenvalue weighted by atomic mass is 32.2. The molecule has 2 aromatic rings. The average Bonchev–Trinajstić information content (AvgIpc) is 3.09. The van der Waals surface area contributed by atoms with Crippen LogP contribution in [-0.4, -0.2) is 47.0 Å². The predicted octanol–water partition coefficient (Wildman–Crippen LogP) is 2.64. The summed E-state index contributed by atoms with van der Waals surface area (Å²) in [6.45, 7) is 4.11. The minimum Gasteiger partial charge on any atom is -0.449 e. The van der Waals surface area contributed by atoms with Gasteiger partial charge in [0.2, 0.25) is 0 Å². The molecule has 7 nitrogen and oxygen atoms in total. The molecule has 0 saturated carbocycles. The molecule has 0 radical (unpaired) electrons. The predicted molar refractivity (Wildman–Crippen MR) is 99.5 cm³/mol. The van der Waals surface area contributed by atoms with Crippen molar-refractivity contribution in [3.8, 4) is 0 Å². The van der Waals surface area contributed by atoms with Crippen LogP contribution in [0.1, 0.15) is 22.8 Å². The summed E-state index contributed by atoms with van der Waals surface area (Å²) in [6.07, 6.45) is 0.523. The summed E-state index contributed by atoms with van der Waals surface area (Å²) < 4.78 is 5.29. The molecule has 1 aliphatic rings. The molecule has 1 saturated heterocycles. The van der Waals surface area contributed by atoms with Crippen LogP contribution < -0.4 is 5.32 Å². The van der Waals surface area contributed by atoms with Gasteiger partial charge in [-0.25, -0.2) is 14.6 Å². The van der Waals surface area contributed by atoms with Crippen molar-refractivity contribution in [2.45, 2.75) is 29.9 Å². The number of hydrogen-bond acceptors (Lipinski definition) is 6. The number of amides is 3. The van der Waals surface area contributed by atoms with Gasteiger partial charge >= 0.3 is 12.0 Å². The molecule has 1 fully saturated rings. The van der Waals surface area contributed by atoms with Crippen LogP contribution >= 0.6 is 11.8 Å². The number of rotatable bonds is 5. The third-order valence-corrected chi connectivity index (χ3v) is 5.01. The van der Waals surface area contributed by atoms with Crippen LogP contribution in [0.2, 0.25) is 0 Å². The first kappa shape index (κ1) is 18.9. The Kier molecular flexibility index (Phi) is 5.75. The van der Waals surface area contributed by atoms with Gasteiger partial charge < -0.3 is 10.1 Å². The van der Waals surface area contributed by atoms with Crippen LogP contribution in [-0.2, 0) is 9.53 Å². The molecular weight excluding hydrogens is 366 g/mol. The van der Waals surface area contributed by atoms with Gasteiger partial charge in [-0.1, -0.05) is 29.5 Å². The minimum atomic E-state index is -1.07. The summed E-state index contributed by atoms with van der Waals surface area (Å²) in [6, 6.07) is 10.6. The summed E-state index contributed by atoms with van der Waals surface area (Å²) in [5.41, 5.74) is 1.41. The number of aromatic nitrogens is 1. The number of carbonyl (C=O) groups excluding carboxylic acids is 3. The summed E-state index contributed by atoms with van der Waals surface area (Å²) in [4.78, 5) is 42.7. The smallest absolute Gasteiger partial charge is 0.341 e. The molecule has 0 bridgehead atoms. The number of imide groups is 1. The van der Waals surface area contributed by atoms with Crippen LogP contribution in [0.5, 0.6) is 0 Å². The molecule has 1 atom stereocenters. The molecule has 27 heavy (non-hydrogen) atoms. The SMILES string of the molecule is Cc1ccc(Sc2ncccc2C(=O)O[C@H](C)C(=O)N2CCNC2=O)cc1. The number of nitrogens with one attached hydrogen (secondary N) is 1. The summed E-state index contributed by atoms with van der Waals surface area (Å²) in [5, 5.41) is 3.03. The number of hydrogen-bond donors (Lipinski definition) is 1. The topological polar surface area (TPSA) is 88.6 Å². The highest BCUT2D eigenvalue weighted by Gasteiger charge is 2.32. The van der Waals surface area contributed by atoms with Crippen molar-refractivity contribution in [3.05, 3.63) is 53.7 Å². The van der Waals surface area contributed by atoms with E-state index in [4.69, 9.17) is 4.74 Å². The van der Waals surface area contributed by atoms with E-state index in [1.165, 1.54) is 18.7 Å². The lowest BCUT2D eigenvalue weighted by atomic mass is 10.2. The standard InChI is InChI=1S/C19H19N3O4S/c1-12-5-7-14(8-6-12)27-16-15(4-3-9-20-16)18(24)26-13(2)17(23)22-11-10-21-19(22)25/h3-9,13H,10-11H2,1-2H3,(H,21,25)/t13-/m1/s1. The van der Waals surface area contributed by atoms with Gasteiger partial charge in [-0.05, 0) is 38.1 Å². The Hall–Kier alpha value is -2.87. The first-order chi connectivity index (χ1) is 13.0. The maximum atomic E-state index is 12.6. The molecule has 1 N–H and O–H groups in total. The van der Waals surface area contributed by atoms with E-state index in [0.717, 1.165) is 15.4 Å². The van der Waals surface area contributed by atoms with Gasteiger partial charge in [-0.3, -0.25) is 9.69 Å². The normalized spacial score (nSPS) is 14.6. The highest BCUT2D eigenvalue weighted by molar-refractivity contribution is 7.99. The molecule has 1 aromatic heterocycles. The lowest BCUT2D eigenvalue weighted by Crippen LogP contribution is -2.41. The van der Waals surface area contributed by atoms with E-state index in [1.54, 1.807) is 18.3 Å². The first-order valence-electron chi connectivity index (χ1n) is 8.45. The van der Waals surface area contributed by atoms with E-state index in [0.29, 0.717) is 11.6 Å². The van der Waals surface area contributed by atoms with Gasteiger partial charge in [0.05, 0.1) is 5.56 Å². The van der Waals surface area contributed by atoms with E-state index in [-0.39, 0.29) is 12.1 Å². The second-order valence-corrected chi connectivity index (χ2v) is 7.10. The van der Waals surface area contributed by atoms with Crippen molar-refractivity contribution >= 4 is 29.7 Å². The highest BCUT2D eigenvalue weighted by Crippen LogP contribution is 2.29. The Labute approximate surface area is 161 Å². The van der Waals surface area contributed by atoms with E-state index >= 15 is 0 Å². The molecule has 140 valence electrons. The molecule has 0 unspecified atom stereocenters. The Morgan fingerprint density at radius 2 is 2.00 bits per heavy atom. The summed E-state index contributed by atoms with van der Waals surface area (Å²) in [5.74, 6) is -1.20. The Bertz CT molecular complexity index is 870. The molecular formula is C19H19N3O4S. The van der Waals surface area contributed by atoms with Crippen LogP contribution in [0.25, 0.3) is 0 Å². The maximum Gasteiger partial charge on any atom is 0.341 e. The molecule has 0 spiro atoms. The Morgan fingerprint density at radius 3 is 2.67 bits per heavy atom. The van der Waals surface area contributed by atoms with Crippen LogP contribution in [0.4, 0.5) is 4.79 Å². The Morgan fingerprint density at radius 1 is 1.26 bits per heavy atom. The molecule has 0 aliphatic carbocycles. The fraction of sp³-hybridized carbons (Fsp3) is 0.263. The van der Waals surface area contributed by atoms with Crippen molar-refractivity contribution in [3.63, 3.8) is 0 Å². The number of pyridine rings is 1. The zero-order valence-electron chi connectivity index (χ0n) is 15.0. The second-order valence-electron chi connectivity index (χ2n) is 6.04. The number of benzene rings is 1. The van der Waals surface area contributed by atoms with E-state index in [1.807, 2.05) is 31.2 Å². The fourth-order valence-electron chi connectivity index (χ4n) is 2.52. The van der Waals surface area contributed by atoms with Crippen molar-refractivity contribution in [2.75, 3.05) is 13.1 Å². The molecule has 8 heteroatoms. The molecule has 3 amide bonds. The quantitative estimate of drug-likeness (QED) is 0.796. The third-order valence-electron chi connectivity index (χ3n) is 3.98. The van der Waals surface area contributed by atoms with Gasteiger partial charge in [0, 0.05) is 24.2 Å². The van der Waals surface area contributed by atoms with E-state index in [2.05, 4.69) is 10.3 Å². The lowest BCUT2D eigenvalue weighted by molar-refractivity contribution is -0.136. The molecule has 1 aromatic carbocycles. The molecule has 3 rings (SSSR count). The fourth-order valence-corrected chi connectivity index (χ4v) is 3.39. The van der Waals surface area contributed by atoms with Crippen molar-refractivity contribution < 1.29 is 19.1 Å². The lowest BCUT2D eigenvalue weighted by Gasteiger charge is -2.18. The third kappa shape index (κ3) is 4.46. The number of carbonyl (C=O) groups is 3. The second kappa shape index (κ2) is 8.22. The number of esters is 1. The zero-order valence-corrected chi connectivity index (χ0v) is 15.8. The van der Waals surface area contributed by atoms with Crippen LogP contribution in [0, 0.1) is 6.92 Å². The maximum absolute atomic E-state index is 12.6. The summed E-state index contributed by atoms with van der Waals surface area (Å²) in [7, 11) is 0. The van der Waals surface area contributed by atoms with Crippen molar-refractivity contribution in [1.82, 2.24) is 15.2 Å². The van der Waals surface area contributed by atoms with Gasteiger partial charge in [0.1, 0.15) is 5.03 Å². The van der Waals surface area contributed by atoms with E-state index in [9.17, 15) is 14.4 Å². The van der Waals surface area contributed by atoms with Gasteiger partial charge in [0.25, 0.3) is 5.91 Å². The van der Waals surface area contributed by atoms with Crippen LogP contribution in [0.3, 0.4) is 0 Å². The number of aryl methyl sites for hydroxylation is 1. The van der Waals surface area contributed by atoms with Crippen molar-refractivity contribution in [1.29, 1.82) is 0 Å². The average molecular weight is 385 g/mol. The first-order valence-corrected chi connectivity index (χ1v) is 9.27. The summed E-state index contributed by atoms with van der Waals surface area (Å²) >= 11 is 1.34. The molecule has 1 aliphatic heterocycles. The van der Waals surface area contributed by atoms with Crippen molar-refractivity contribution in [2.24, 2.45) is 0 Å². The number of ether oxygens (including phenoxy) is 1. The zero-order chi connectivity index (χ0) is 19.4. The van der Waals surface area contributed by atoms with Gasteiger partial charge in [-0.2, -0.15) is 0 Å². The molecule has 2 heterocycles. The monoisotopic (exact) mass is 385 g/mol. The van der Waals surface area contributed by atoms with Gasteiger partial charge in [0.15, 0.2) is 6.10 Å². The largest absolute Gasteiger partial charge is 0.449 e. The Balaban J connectivity index is 1.72. The number of nitrogens with zero attached hydrogens (tertiary/aromatic N) is 2. The van der Waals surface area contributed by atoms with Crippen LogP contribution in [0.15, 0.2) is 52.5 Å².